The third-order valence-electron chi connectivity index (χ3n) is 5.34. The number of para-hydroxylation sites is 1. The van der Waals surface area contributed by atoms with Crippen molar-refractivity contribution in [3.8, 4) is 0 Å². The Morgan fingerprint density at radius 2 is 1.04 bits per heavy atom. The topological polar surface area (TPSA) is 3.24 Å². The van der Waals surface area contributed by atoms with Crippen LogP contribution in [-0.2, 0) is 0 Å². The van der Waals surface area contributed by atoms with Crippen LogP contribution in [0.4, 0.5) is 5.69 Å². The maximum atomic E-state index is 2.93. The van der Waals surface area contributed by atoms with Crippen LogP contribution in [0.3, 0.4) is 0 Å². The van der Waals surface area contributed by atoms with Crippen molar-refractivity contribution in [1.29, 1.82) is 0 Å². The van der Waals surface area contributed by atoms with E-state index in [1.54, 1.807) is 0 Å². The van der Waals surface area contributed by atoms with Crippen molar-refractivity contribution in [2.45, 2.75) is 104 Å². The molecular weight excluding hydrogens is 333 g/mol. The summed E-state index contributed by atoms with van der Waals surface area (Å²) in [6, 6.07) is 8.85. The second-order valence-electron chi connectivity index (χ2n) is 7.79. The summed E-state index contributed by atoms with van der Waals surface area (Å²) >= 11 is 0. The smallest absolute Gasteiger partial charge is 0.0438 e. The lowest BCUT2D eigenvalue weighted by Gasteiger charge is -2.26. The molecular formula is C24H44NP. The number of hydrogen-bond acceptors (Lipinski definition) is 1. The fourth-order valence-electron chi connectivity index (χ4n) is 3.65. The molecule has 0 aromatic heterocycles. The first-order valence-corrected chi connectivity index (χ1v) is 12.0. The zero-order chi connectivity index (χ0) is 18.9. The Balaban J connectivity index is 2.32. The summed E-state index contributed by atoms with van der Waals surface area (Å²) < 4.78 is 0. The van der Waals surface area contributed by atoms with Crippen LogP contribution in [0.2, 0.25) is 0 Å². The van der Waals surface area contributed by atoms with Crippen molar-refractivity contribution in [3.05, 3.63) is 24.3 Å². The highest BCUT2D eigenvalue weighted by molar-refractivity contribution is 7.28. The molecule has 0 radical (unpaired) electrons. The molecule has 0 spiro atoms. The molecule has 0 bridgehead atoms. The summed E-state index contributed by atoms with van der Waals surface area (Å²) in [4.78, 5) is 2.64. The number of nitrogens with zero attached hydrogens (tertiary/aromatic N) is 1. The Hall–Kier alpha value is -0.550. The maximum absolute atomic E-state index is 2.93. The molecule has 1 nitrogen and oxygen atoms in total. The molecule has 0 aliphatic rings. The van der Waals surface area contributed by atoms with Gasteiger partial charge in [0.25, 0.3) is 0 Å². The van der Waals surface area contributed by atoms with Gasteiger partial charge in [0.15, 0.2) is 0 Å². The Bertz CT molecular complexity index is 414. The van der Waals surface area contributed by atoms with Gasteiger partial charge < -0.3 is 4.90 Å². The fraction of sp³-hybridized carbons (Fsp3) is 0.750. The highest BCUT2D eigenvalue weighted by atomic mass is 31.0. The average Bonchev–Trinajstić information content (AvgIpc) is 2.65. The molecule has 0 amide bonds. The second kappa shape index (κ2) is 16.6. The van der Waals surface area contributed by atoms with E-state index >= 15 is 0 Å². The van der Waals surface area contributed by atoms with Crippen LogP contribution >= 0.6 is 9.24 Å². The molecule has 1 aromatic rings. The number of benzene rings is 1. The van der Waals surface area contributed by atoms with Crippen LogP contribution in [0.15, 0.2) is 24.3 Å². The predicted molar refractivity (Wildman–Crippen MR) is 124 cm³/mol. The lowest BCUT2D eigenvalue weighted by molar-refractivity contribution is 0.564. The molecule has 1 unspecified atom stereocenters. The molecule has 0 aliphatic carbocycles. The third kappa shape index (κ3) is 11.2. The van der Waals surface area contributed by atoms with Gasteiger partial charge in [0.05, 0.1) is 0 Å². The number of rotatable bonds is 17. The van der Waals surface area contributed by atoms with E-state index in [4.69, 9.17) is 0 Å². The largest absolute Gasteiger partial charge is 0.371 e. The highest BCUT2D eigenvalue weighted by Crippen LogP contribution is 2.17. The van der Waals surface area contributed by atoms with E-state index in [2.05, 4.69) is 52.3 Å². The van der Waals surface area contributed by atoms with E-state index in [-0.39, 0.29) is 0 Å². The zero-order valence-corrected chi connectivity index (χ0v) is 18.8. The van der Waals surface area contributed by atoms with Crippen LogP contribution in [0.5, 0.6) is 0 Å². The van der Waals surface area contributed by atoms with Crippen LogP contribution in [0, 0.1) is 0 Å². The van der Waals surface area contributed by atoms with Crippen molar-refractivity contribution < 1.29 is 0 Å². The van der Waals surface area contributed by atoms with Crippen molar-refractivity contribution in [2.75, 3.05) is 18.0 Å². The minimum atomic E-state index is 1.22. The number of anilines is 1. The van der Waals surface area contributed by atoms with Gasteiger partial charge in [-0.25, -0.2) is 0 Å². The molecule has 26 heavy (non-hydrogen) atoms. The summed E-state index contributed by atoms with van der Waals surface area (Å²) in [6.07, 6.45) is 19.5. The summed E-state index contributed by atoms with van der Waals surface area (Å²) in [7, 11) is 2.93. The lowest BCUT2D eigenvalue weighted by atomic mass is 10.1. The second-order valence-corrected chi connectivity index (χ2v) is 8.41. The van der Waals surface area contributed by atoms with Crippen molar-refractivity contribution >= 4 is 20.2 Å². The minimum absolute atomic E-state index is 1.22. The third-order valence-corrected chi connectivity index (χ3v) is 5.83. The molecule has 150 valence electrons. The van der Waals surface area contributed by atoms with Gasteiger partial charge in [0.2, 0.25) is 0 Å². The van der Waals surface area contributed by atoms with Crippen molar-refractivity contribution in [3.63, 3.8) is 0 Å². The van der Waals surface area contributed by atoms with Crippen LogP contribution < -0.4 is 10.2 Å². The summed E-state index contributed by atoms with van der Waals surface area (Å²) in [6.45, 7) is 7.02. The van der Waals surface area contributed by atoms with Crippen LogP contribution in [0.25, 0.3) is 0 Å². The van der Waals surface area contributed by atoms with Crippen LogP contribution in [-0.4, -0.2) is 13.1 Å². The fourth-order valence-corrected chi connectivity index (χ4v) is 4.04. The first-order valence-electron chi connectivity index (χ1n) is 11.4. The van der Waals surface area contributed by atoms with Crippen molar-refractivity contribution in [1.82, 2.24) is 0 Å². The first-order chi connectivity index (χ1) is 12.8. The van der Waals surface area contributed by atoms with Gasteiger partial charge in [-0.2, -0.15) is 0 Å². The molecule has 0 N–H and O–H groups in total. The molecule has 0 heterocycles. The monoisotopic (exact) mass is 377 g/mol. The van der Waals surface area contributed by atoms with Crippen LogP contribution in [0.1, 0.15) is 104 Å². The summed E-state index contributed by atoms with van der Waals surface area (Å²) in [5.74, 6) is 0. The molecule has 0 fully saturated rings. The minimum Gasteiger partial charge on any atom is -0.371 e. The standard InChI is InChI=1S/C24H44NP/c1-3-5-7-9-11-13-17-21-25(23-19-15-16-20-24(23)26)22-18-14-12-10-8-6-4-2/h15-16,19-20H,3-14,17-18,21-22,26H2,1-2H3. The number of hydrogen-bond donors (Lipinski definition) is 0. The van der Waals surface area contributed by atoms with Gasteiger partial charge >= 0.3 is 0 Å². The Kier molecular flexibility index (Phi) is 15.0. The molecule has 1 rings (SSSR count). The maximum Gasteiger partial charge on any atom is 0.0438 e. The van der Waals surface area contributed by atoms with Crippen molar-refractivity contribution in [2.24, 2.45) is 0 Å². The van der Waals surface area contributed by atoms with Gasteiger partial charge in [0.1, 0.15) is 0 Å². The SMILES string of the molecule is CCCCCCCCCN(CCCCCCCCC)c1ccccc1P. The molecule has 0 aliphatic heterocycles. The Labute approximate surface area is 166 Å². The average molecular weight is 378 g/mol. The lowest BCUT2D eigenvalue weighted by Crippen LogP contribution is -2.28. The Morgan fingerprint density at radius 1 is 0.615 bits per heavy atom. The molecule has 1 aromatic carbocycles. The summed E-state index contributed by atoms with van der Waals surface area (Å²) in [5, 5.41) is 1.35. The molecule has 0 saturated heterocycles. The van der Waals surface area contributed by atoms with E-state index < -0.39 is 0 Å². The quantitative estimate of drug-likeness (QED) is 0.201. The van der Waals surface area contributed by atoms with E-state index in [9.17, 15) is 0 Å². The van der Waals surface area contributed by atoms with Gasteiger partial charge in [-0.1, -0.05) is 109 Å². The molecule has 2 heteroatoms. The first kappa shape index (κ1) is 23.5. The predicted octanol–water partition coefficient (Wildman–Crippen LogP) is 7.49. The van der Waals surface area contributed by atoms with E-state index in [0.29, 0.717) is 0 Å². The molecule has 1 atom stereocenters. The van der Waals surface area contributed by atoms with Gasteiger partial charge in [0, 0.05) is 18.8 Å². The summed E-state index contributed by atoms with van der Waals surface area (Å²) in [5.41, 5.74) is 1.43. The highest BCUT2D eigenvalue weighted by Gasteiger charge is 2.08. The van der Waals surface area contributed by atoms with Gasteiger partial charge in [-0.3, -0.25) is 0 Å². The van der Waals surface area contributed by atoms with E-state index in [1.807, 2.05) is 0 Å². The molecule has 0 saturated carbocycles. The van der Waals surface area contributed by atoms with Gasteiger partial charge in [-0.15, -0.1) is 9.24 Å². The normalized spacial score (nSPS) is 11.0. The zero-order valence-electron chi connectivity index (χ0n) is 17.6. The van der Waals surface area contributed by atoms with E-state index in [1.165, 1.54) is 114 Å². The Morgan fingerprint density at radius 3 is 1.50 bits per heavy atom. The van der Waals surface area contributed by atoms with E-state index in [0.717, 1.165) is 0 Å². The number of unbranched alkanes of at least 4 members (excludes halogenated alkanes) is 12. The van der Waals surface area contributed by atoms with Gasteiger partial charge in [-0.05, 0) is 24.2 Å².